The fourth-order valence-corrected chi connectivity index (χ4v) is 7.28. The Hall–Kier alpha value is -6.11. The van der Waals surface area contributed by atoms with Crippen LogP contribution in [0.2, 0.25) is 0 Å². The molecule has 0 saturated heterocycles. The molecule has 0 N–H and O–H groups in total. The maximum absolute atomic E-state index is 4.89. The molecule has 4 heterocycles. The van der Waals surface area contributed by atoms with Crippen LogP contribution in [-0.4, -0.2) is 24.9 Å². The summed E-state index contributed by atoms with van der Waals surface area (Å²) in [6.07, 6.45) is 3.76. The Morgan fingerprint density at radius 2 is 0.936 bits per heavy atom. The molecule has 220 valence electrons. The highest BCUT2D eigenvalue weighted by Crippen LogP contribution is 2.41. The standard InChI is InChI=1S/C41H25N5S/c1-3-10-28(11-4-1)39-44-40(29-12-5-2-6-13-29)46-41(45-39)30-17-15-26(16-18-30)31-19-20-33-35(25-31)47-34-22-24-43-38(36(33)34)37-32-14-8-7-9-27(32)21-23-42-37/h1-25H. The molecule has 0 aliphatic carbocycles. The van der Waals surface area contributed by atoms with Crippen LogP contribution in [0, 0.1) is 0 Å². The third-order valence-corrected chi connectivity index (χ3v) is 9.58. The van der Waals surface area contributed by atoms with Crippen LogP contribution in [0.25, 0.3) is 87.6 Å². The molecule has 9 rings (SSSR count). The summed E-state index contributed by atoms with van der Waals surface area (Å²) in [5.41, 5.74) is 6.96. The fourth-order valence-electron chi connectivity index (χ4n) is 6.14. The van der Waals surface area contributed by atoms with Crippen LogP contribution in [0.15, 0.2) is 152 Å². The molecule has 4 aromatic heterocycles. The van der Waals surface area contributed by atoms with Crippen molar-refractivity contribution in [2.24, 2.45) is 0 Å². The van der Waals surface area contributed by atoms with Gasteiger partial charge in [-0.3, -0.25) is 9.97 Å². The van der Waals surface area contributed by atoms with E-state index in [4.69, 9.17) is 24.9 Å². The summed E-state index contributed by atoms with van der Waals surface area (Å²) < 4.78 is 2.42. The lowest BCUT2D eigenvalue weighted by Gasteiger charge is -2.09. The van der Waals surface area contributed by atoms with Crippen molar-refractivity contribution in [2.45, 2.75) is 0 Å². The van der Waals surface area contributed by atoms with Crippen molar-refractivity contribution in [2.75, 3.05) is 0 Å². The first kappa shape index (κ1) is 27.2. The Balaban J connectivity index is 1.10. The Morgan fingerprint density at radius 1 is 0.383 bits per heavy atom. The average molecular weight is 620 g/mol. The minimum absolute atomic E-state index is 0.645. The van der Waals surface area contributed by atoms with Gasteiger partial charge in [0.2, 0.25) is 0 Å². The molecular weight excluding hydrogens is 595 g/mol. The normalized spacial score (nSPS) is 11.4. The molecule has 5 nitrogen and oxygen atoms in total. The number of rotatable bonds is 5. The lowest BCUT2D eigenvalue weighted by molar-refractivity contribution is 1.07. The number of hydrogen-bond donors (Lipinski definition) is 0. The van der Waals surface area contributed by atoms with Gasteiger partial charge in [0.25, 0.3) is 0 Å². The summed E-state index contributed by atoms with van der Waals surface area (Å²) in [7, 11) is 0. The Bertz CT molecular complexity index is 2500. The molecule has 0 radical (unpaired) electrons. The van der Waals surface area contributed by atoms with E-state index in [1.807, 2.05) is 79.1 Å². The van der Waals surface area contributed by atoms with E-state index < -0.39 is 0 Å². The summed E-state index contributed by atoms with van der Waals surface area (Å²) in [5.74, 6) is 1.95. The maximum atomic E-state index is 4.89. The maximum Gasteiger partial charge on any atom is 0.164 e. The van der Waals surface area contributed by atoms with E-state index >= 15 is 0 Å². The Labute approximate surface area is 275 Å². The van der Waals surface area contributed by atoms with E-state index in [-0.39, 0.29) is 0 Å². The molecule has 0 saturated carbocycles. The molecule has 0 atom stereocenters. The highest BCUT2D eigenvalue weighted by molar-refractivity contribution is 7.26. The van der Waals surface area contributed by atoms with Crippen molar-refractivity contribution < 1.29 is 0 Å². The molecule has 0 fully saturated rings. The Morgan fingerprint density at radius 3 is 1.64 bits per heavy atom. The van der Waals surface area contributed by atoms with Gasteiger partial charge in [-0.25, -0.2) is 15.0 Å². The van der Waals surface area contributed by atoms with E-state index in [1.165, 1.54) is 14.8 Å². The quantitative estimate of drug-likeness (QED) is 0.192. The first-order valence-electron chi connectivity index (χ1n) is 15.4. The zero-order valence-electron chi connectivity index (χ0n) is 25.1. The van der Waals surface area contributed by atoms with Crippen LogP contribution in [0.1, 0.15) is 0 Å². The molecule has 47 heavy (non-hydrogen) atoms. The van der Waals surface area contributed by atoms with Crippen molar-refractivity contribution in [1.82, 2.24) is 24.9 Å². The van der Waals surface area contributed by atoms with Crippen molar-refractivity contribution in [3.63, 3.8) is 0 Å². The van der Waals surface area contributed by atoms with Crippen molar-refractivity contribution >= 4 is 42.3 Å². The van der Waals surface area contributed by atoms with Crippen molar-refractivity contribution in [3.05, 3.63) is 152 Å². The van der Waals surface area contributed by atoms with E-state index in [0.29, 0.717) is 17.5 Å². The van der Waals surface area contributed by atoms with E-state index in [1.54, 1.807) is 11.3 Å². The monoisotopic (exact) mass is 619 g/mol. The molecule has 0 aliphatic rings. The summed E-state index contributed by atoms with van der Waals surface area (Å²) in [5, 5.41) is 4.61. The lowest BCUT2D eigenvalue weighted by Crippen LogP contribution is -2.00. The van der Waals surface area contributed by atoms with Crippen molar-refractivity contribution in [1.29, 1.82) is 0 Å². The number of thiophene rings is 1. The molecular formula is C41H25N5S. The van der Waals surface area contributed by atoms with Gasteiger partial charge in [0, 0.05) is 54.6 Å². The van der Waals surface area contributed by atoms with Crippen LogP contribution < -0.4 is 0 Å². The number of pyridine rings is 2. The molecule has 0 spiro atoms. The minimum atomic E-state index is 0.645. The summed E-state index contributed by atoms with van der Waals surface area (Å²) in [6, 6.07) is 47.8. The van der Waals surface area contributed by atoms with Gasteiger partial charge in [-0.05, 0) is 34.7 Å². The second-order valence-electron chi connectivity index (χ2n) is 11.3. The topological polar surface area (TPSA) is 64.5 Å². The zero-order chi connectivity index (χ0) is 31.2. The largest absolute Gasteiger partial charge is 0.254 e. The highest BCUT2D eigenvalue weighted by atomic mass is 32.1. The summed E-state index contributed by atoms with van der Waals surface area (Å²) in [6.45, 7) is 0. The van der Waals surface area contributed by atoms with Gasteiger partial charge in [-0.2, -0.15) is 0 Å². The third-order valence-electron chi connectivity index (χ3n) is 8.46. The number of aromatic nitrogens is 5. The molecule has 0 amide bonds. The van der Waals surface area contributed by atoms with Gasteiger partial charge in [-0.1, -0.05) is 121 Å². The number of benzene rings is 5. The predicted octanol–water partition coefficient (Wildman–Crippen LogP) is 10.5. The predicted molar refractivity (Wildman–Crippen MR) is 193 cm³/mol. The summed E-state index contributed by atoms with van der Waals surface area (Å²) in [4.78, 5) is 24.2. The van der Waals surface area contributed by atoms with Gasteiger partial charge in [0.15, 0.2) is 17.5 Å². The molecule has 0 aliphatic heterocycles. The smallest absolute Gasteiger partial charge is 0.164 e. The van der Waals surface area contributed by atoms with Crippen LogP contribution in [0.5, 0.6) is 0 Å². The highest BCUT2D eigenvalue weighted by Gasteiger charge is 2.16. The molecule has 5 aromatic carbocycles. The zero-order valence-corrected chi connectivity index (χ0v) is 25.9. The molecule has 9 aromatic rings. The van der Waals surface area contributed by atoms with Gasteiger partial charge >= 0.3 is 0 Å². The number of hydrogen-bond acceptors (Lipinski definition) is 6. The average Bonchev–Trinajstić information content (AvgIpc) is 3.53. The SMILES string of the molecule is c1ccc(-c2nc(-c3ccccc3)nc(-c3ccc(-c4ccc5c(c4)sc4ccnc(-c6nccc7ccccc67)c45)cc3)n2)cc1. The van der Waals surface area contributed by atoms with Crippen LogP contribution in [0.4, 0.5) is 0 Å². The van der Waals surface area contributed by atoms with Gasteiger partial charge in [0.1, 0.15) is 0 Å². The van der Waals surface area contributed by atoms with E-state index in [2.05, 4.69) is 72.8 Å². The van der Waals surface area contributed by atoms with Crippen LogP contribution in [-0.2, 0) is 0 Å². The number of nitrogens with zero attached hydrogens (tertiary/aromatic N) is 5. The van der Waals surface area contributed by atoms with Crippen LogP contribution in [0.3, 0.4) is 0 Å². The second-order valence-corrected chi connectivity index (χ2v) is 12.4. The van der Waals surface area contributed by atoms with Crippen LogP contribution >= 0.6 is 11.3 Å². The summed E-state index contributed by atoms with van der Waals surface area (Å²) >= 11 is 1.79. The lowest BCUT2D eigenvalue weighted by atomic mass is 10.0. The van der Waals surface area contributed by atoms with E-state index in [9.17, 15) is 0 Å². The molecule has 6 heteroatoms. The third kappa shape index (κ3) is 4.92. The Kier molecular flexibility index (Phi) is 6.58. The van der Waals surface area contributed by atoms with Gasteiger partial charge < -0.3 is 0 Å². The molecule has 0 bridgehead atoms. The van der Waals surface area contributed by atoms with E-state index in [0.717, 1.165) is 55.4 Å². The first-order valence-corrected chi connectivity index (χ1v) is 16.2. The fraction of sp³-hybridized carbons (Fsp3) is 0. The second kappa shape index (κ2) is 11.4. The first-order chi connectivity index (χ1) is 23.3. The van der Waals surface area contributed by atoms with Gasteiger partial charge in [-0.15, -0.1) is 11.3 Å². The molecule has 0 unspecified atom stereocenters. The minimum Gasteiger partial charge on any atom is -0.254 e. The van der Waals surface area contributed by atoms with Gasteiger partial charge in [0.05, 0.1) is 11.4 Å². The number of fused-ring (bicyclic) bond motifs is 4. The van der Waals surface area contributed by atoms with Crippen molar-refractivity contribution in [3.8, 4) is 56.7 Å².